The Labute approximate surface area is 85.6 Å². The lowest BCUT2D eigenvalue weighted by molar-refractivity contribution is 0.192. The minimum Gasteiger partial charge on any atom is -0.483 e. The van der Waals surface area contributed by atoms with E-state index in [2.05, 4.69) is 0 Å². The van der Waals surface area contributed by atoms with Gasteiger partial charge in [0.2, 0.25) is 5.82 Å². The smallest absolute Gasteiger partial charge is 0.200 e. The topological polar surface area (TPSA) is 9.23 Å². The van der Waals surface area contributed by atoms with Gasteiger partial charge in [0, 0.05) is 0 Å². The van der Waals surface area contributed by atoms with Crippen molar-refractivity contribution in [2.24, 2.45) is 0 Å². The van der Waals surface area contributed by atoms with Gasteiger partial charge in [0.25, 0.3) is 0 Å². The molecule has 1 aliphatic rings. The minimum atomic E-state index is -0.941. The number of rotatable bonds is 3. The van der Waals surface area contributed by atoms with Crippen LogP contribution < -0.4 is 4.74 Å². The van der Waals surface area contributed by atoms with Crippen LogP contribution in [-0.2, 0) is 0 Å². The maximum atomic E-state index is 13.2. The molecule has 1 saturated carbocycles. The average molecular weight is 219 g/mol. The third-order valence-electron chi connectivity index (χ3n) is 2.29. The summed E-state index contributed by atoms with van der Waals surface area (Å²) in [5.74, 6) is -1.58. The summed E-state index contributed by atoms with van der Waals surface area (Å²) in [6.45, 7) is 0. The summed E-state index contributed by atoms with van der Waals surface area (Å²) in [6.07, 6.45) is 1.60. The lowest BCUT2D eigenvalue weighted by Crippen LogP contribution is -2.20. The first-order chi connectivity index (χ1) is 6.67. The van der Waals surface area contributed by atoms with Crippen LogP contribution in [0.3, 0.4) is 0 Å². The van der Waals surface area contributed by atoms with Crippen molar-refractivity contribution in [3.63, 3.8) is 0 Å². The molecule has 4 heteroatoms. The normalized spacial score (nSPS) is 17.9. The second kappa shape index (κ2) is 3.39. The number of hydrogen-bond acceptors (Lipinski definition) is 1. The molecule has 0 N–H and O–H groups in total. The molecule has 1 aromatic carbocycles. The van der Waals surface area contributed by atoms with E-state index < -0.39 is 17.2 Å². The molecule has 0 aromatic heterocycles. The van der Waals surface area contributed by atoms with Crippen LogP contribution in [0.4, 0.5) is 8.78 Å². The van der Waals surface area contributed by atoms with Crippen molar-refractivity contribution < 1.29 is 13.5 Å². The Morgan fingerprint density at radius 3 is 2.64 bits per heavy atom. The molecule has 0 amide bonds. The molecule has 0 heterocycles. The lowest BCUT2D eigenvalue weighted by atomic mass is 10.3. The van der Waals surface area contributed by atoms with Gasteiger partial charge in [0.15, 0.2) is 11.6 Å². The number of halogens is 3. The van der Waals surface area contributed by atoms with Crippen LogP contribution in [0.1, 0.15) is 12.8 Å². The first-order valence-corrected chi connectivity index (χ1v) is 4.89. The van der Waals surface area contributed by atoms with Gasteiger partial charge in [-0.15, -0.1) is 11.6 Å². The molecular formula is C10H9ClF2O. The maximum Gasteiger partial charge on any atom is 0.200 e. The van der Waals surface area contributed by atoms with Gasteiger partial charge in [-0.2, -0.15) is 4.39 Å². The summed E-state index contributed by atoms with van der Waals surface area (Å²) in [5.41, 5.74) is -0.462. The molecular weight excluding hydrogens is 210 g/mol. The first-order valence-electron chi connectivity index (χ1n) is 4.36. The summed E-state index contributed by atoms with van der Waals surface area (Å²) in [4.78, 5) is 0. The molecule has 0 bridgehead atoms. The summed E-state index contributed by atoms with van der Waals surface area (Å²) in [7, 11) is 0. The van der Waals surface area contributed by atoms with Crippen LogP contribution in [0.2, 0.25) is 0 Å². The predicted molar refractivity (Wildman–Crippen MR) is 49.7 cm³/mol. The number of hydrogen-bond donors (Lipinski definition) is 0. The fraction of sp³-hybridized carbons (Fsp3) is 0.400. The highest BCUT2D eigenvalue weighted by molar-refractivity contribution is 6.18. The summed E-state index contributed by atoms with van der Waals surface area (Å²) in [5, 5.41) is 0. The van der Waals surface area contributed by atoms with Gasteiger partial charge in [0.05, 0.1) is 5.88 Å². The zero-order valence-corrected chi connectivity index (χ0v) is 8.15. The van der Waals surface area contributed by atoms with Gasteiger partial charge >= 0.3 is 0 Å². The van der Waals surface area contributed by atoms with Crippen LogP contribution in [0.25, 0.3) is 0 Å². The summed E-state index contributed by atoms with van der Waals surface area (Å²) >= 11 is 5.66. The Hall–Kier alpha value is -0.830. The standard InChI is InChI=1S/C10H9ClF2O/c11-6-10(4-5-10)14-8-3-1-2-7(12)9(8)13/h1-3H,4-6H2. The van der Waals surface area contributed by atoms with Crippen molar-refractivity contribution >= 4 is 11.6 Å². The molecule has 0 atom stereocenters. The summed E-state index contributed by atoms with van der Waals surface area (Å²) < 4.78 is 31.3. The van der Waals surface area contributed by atoms with E-state index in [1.54, 1.807) is 0 Å². The van der Waals surface area contributed by atoms with E-state index in [4.69, 9.17) is 16.3 Å². The molecule has 76 valence electrons. The number of alkyl halides is 1. The second-order valence-electron chi connectivity index (χ2n) is 3.47. The molecule has 14 heavy (non-hydrogen) atoms. The second-order valence-corrected chi connectivity index (χ2v) is 3.74. The number of benzene rings is 1. The molecule has 0 radical (unpaired) electrons. The third-order valence-corrected chi connectivity index (χ3v) is 2.78. The van der Waals surface area contributed by atoms with E-state index in [0.29, 0.717) is 5.88 Å². The Balaban J connectivity index is 2.21. The van der Waals surface area contributed by atoms with Gasteiger partial charge < -0.3 is 4.74 Å². The highest BCUT2D eigenvalue weighted by atomic mass is 35.5. The summed E-state index contributed by atoms with van der Waals surface area (Å²) in [6, 6.07) is 3.88. The molecule has 0 aliphatic heterocycles. The zero-order valence-electron chi connectivity index (χ0n) is 7.40. The molecule has 1 fully saturated rings. The zero-order chi connectivity index (χ0) is 10.2. The lowest BCUT2D eigenvalue weighted by Gasteiger charge is -2.15. The molecule has 1 nitrogen and oxygen atoms in total. The van der Waals surface area contributed by atoms with Crippen LogP contribution in [0.15, 0.2) is 18.2 Å². The van der Waals surface area contributed by atoms with Crippen LogP contribution >= 0.6 is 11.6 Å². The fourth-order valence-electron chi connectivity index (χ4n) is 1.20. The molecule has 0 spiro atoms. The van der Waals surface area contributed by atoms with Crippen molar-refractivity contribution in [2.75, 3.05) is 5.88 Å². The van der Waals surface area contributed by atoms with Crippen molar-refractivity contribution in [2.45, 2.75) is 18.4 Å². The van der Waals surface area contributed by atoms with E-state index in [-0.39, 0.29) is 5.75 Å². The van der Waals surface area contributed by atoms with E-state index in [1.807, 2.05) is 0 Å². The van der Waals surface area contributed by atoms with Crippen molar-refractivity contribution in [3.8, 4) is 5.75 Å². The van der Waals surface area contributed by atoms with Crippen molar-refractivity contribution in [3.05, 3.63) is 29.8 Å². The van der Waals surface area contributed by atoms with E-state index in [0.717, 1.165) is 18.9 Å². The maximum absolute atomic E-state index is 13.2. The van der Waals surface area contributed by atoms with E-state index in [1.165, 1.54) is 12.1 Å². The quantitative estimate of drug-likeness (QED) is 0.709. The third kappa shape index (κ3) is 1.69. The minimum absolute atomic E-state index is 0.0526. The van der Waals surface area contributed by atoms with E-state index in [9.17, 15) is 8.78 Å². The van der Waals surface area contributed by atoms with Gasteiger partial charge in [-0.05, 0) is 25.0 Å². The Kier molecular flexibility index (Phi) is 2.35. The average Bonchev–Trinajstić information content (AvgIpc) is 2.94. The highest BCUT2D eigenvalue weighted by Gasteiger charge is 2.45. The van der Waals surface area contributed by atoms with Gasteiger partial charge in [-0.1, -0.05) is 6.07 Å². The predicted octanol–water partition coefficient (Wildman–Crippen LogP) is 3.12. The number of ether oxygens (including phenoxy) is 1. The first kappa shape index (κ1) is 9.71. The van der Waals surface area contributed by atoms with Crippen LogP contribution in [-0.4, -0.2) is 11.5 Å². The molecule has 0 saturated heterocycles. The van der Waals surface area contributed by atoms with Crippen LogP contribution in [0.5, 0.6) is 5.75 Å². The van der Waals surface area contributed by atoms with Gasteiger partial charge in [-0.25, -0.2) is 4.39 Å². The molecule has 1 aliphatic carbocycles. The van der Waals surface area contributed by atoms with E-state index >= 15 is 0 Å². The Morgan fingerprint density at radius 1 is 1.36 bits per heavy atom. The van der Waals surface area contributed by atoms with Crippen LogP contribution in [0, 0.1) is 11.6 Å². The molecule has 1 aromatic rings. The van der Waals surface area contributed by atoms with Crippen molar-refractivity contribution in [1.29, 1.82) is 0 Å². The largest absolute Gasteiger partial charge is 0.483 e. The molecule has 0 unspecified atom stereocenters. The van der Waals surface area contributed by atoms with Gasteiger partial charge in [0.1, 0.15) is 5.60 Å². The Bertz CT molecular complexity index is 350. The van der Waals surface area contributed by atoms with Gasteiger partial charge in [-0.3, -0.25) is 0 Å². The van der Waals surface area contributed by atoms with Crippen molar-refractivity contribution in [1.82, 2.24) is 0 Å². The SMILES string of the molecule is Fc1cccc(OC2(CCl)CC2)c1F. The monoisotopic (exact) mass is 218 g/mol. The molecule has 2 rings (SSSR count). The Morgan fingerprint density at radius 2 is 2.07 bits per heavy atom. The highest BCUT2D eigenvalue weighted by Crippen LogP contribution is 2.41. The fourth-order valence-corrected chi connectivity index (χ4v) is 1.52.